The Kier molecular flexibility index (Phi) is 8.03. The molecule has 0 atom stereocenters. The molecule has 118 valence electrons. The number of halogens is 2. The summed E-state index contributed by atoms with van der Waals surface area (Å²) in [5.74, 6) is 0. The summed E-state index contributed by atoms with van der Waals surface area (Å²) in [6.45, 7) is 8.80. The zero-order valence-electron chi connectivity index (χ0n) is 13.2. The summed E-state index contributed by atoms with van der Waals surface area (Å²) in [5.41, 5.74) is 2.82. The van der Waals surface area contributed by atoms with Gasteiger partial charge in [-0.1, -0.05) is 31.4 Å². The minimum atomic E-state index is -2.41. The van der Waals surface area contributed by atoms with E-state index in [4.69, 9.17) is 0 Å². The molecule has 0 spiro atoms. The average molecular weight is 295 g/mol. The van der Waals surface area contributed by atoms with Gasteiger partial charge in [0.15, 0.2) is 0 Å². The van der Waals surface area contributed by atoms with Crippen LogP contribution in [0.4, 0.5) is 14.5 Å². The van der Waals surface area contributed by atoms with Crippen molar-refractivity contribution in [1.29, 1.82) is 0 Å². The van der Waals surface area contributed by atoms with Crippen molar-refractivity contribution in [2.45, 2.75) is 58.8 Å². The molecule has 0 aliphatic rings. The van der Waals surface area contributed by atoms with E-state index in [1.807, 2.05) is 19.1 Å². The van der Waals surface area contributed by atoms with E-state index in [-0.39, 0.29) is 5.56 Å². The van der Waals surface area contributed by atoms with E-state index in [1.165, 1.54) is 0 Å². The summed E-state index contributed by atoms with van der Waals surface area (Å²) < 4.78 is 26.4. The number of rotatable bonds is 10. The highest BCUT2D eigenvalue weighted by Gasteiger charge is 2.13. The van der Waals surface area contributed by atoms with E-state index in [2.05, 4.69) is 18.8 Å². The first-order chi connectivity index (χ1) is 10.0. The van der Waals surface area contributed by atoms with Crippen LogP contribution in [0.5, 0.6) is 0 Å². The first kappa shape index (κ1) is 17.7. The van der Waals surface area contributed by atoms with Gasteiger partial charge < -0.3 is 5.32 Å². The summed E-state index contributed by atoms with van der Waals surface area (Å²) in [7, 11) is 0. The SMILES string of the molecule is C=C(C)CCCc1ccc(NCCCCC)cc1C(F)F. The molecule has 0 amide bonds. The summed E-state index contributed by atoms with van der Waals surface area (Å²) in [6, 6.07) is 5.35. The first-order valence-electron chi connectivity index (χ1n) is 7.83. The number of nitrogens with one attached hydrogen (secondary N) is 1. The fourth-order valence-electron chi connectivity index (χ4n) is 2.32. The van der Waals surface area contributed by atoms with Crippen LogP contribution >= 0.6 is 0 Å². The second kappa shape index (κ2) is 9.54. The molecule has 1 N–H and O–H groups in total. The zero-order valence-corrected chi connectivity index (χ0v) is 13.2. The quantitative estimate of drug-likeness (QED) is 0.404. The van der Waals surface area contributed by atoms with E-state index in [0.717, 1.165) is 55.5 Å². The highest BCUT2D eigenvalue weighted by atomic mass is 19.3. The second-order valence-corrected chi connectivity index (χ2v) is 5.66. The van der Waals surface area contributed by atoms with Crippen LogP contribution < -0.4 is 5.32 Å². The number of alkyl halides is 2. The average Bonchev–Trinajstić information content (AvgIpc) is 2.44. The largest absolute Gasteiger partial charge is 0.385 e. The molecule has 1 aromatic carbocycles. The number of aryl methyl sites for hydroxylation is 1. The Morgan fingerprint density at radius 2 is 2.00 bits per heavy atom. The Morgan fingerprint density at radius 3 is 2.62 bits per heavy atom. The minimum absolute atomic E-state index is 0.164. The standard InChI is InChI=1S/C18H27F2N/c1-4-5-6-12-21-16-11-10-15(9-7-8-14(2)3)17(13-16)18(19)20/h10-11,13,18,21H,2,4-9,12H2,1,3H3. The van der Waals surface area contributed by atoms with Gasteiger partial charge in [-0.3, -0.25) is 0 Å². The van der Waals surface area contributed by atoms with E-state index in [0.29, 0.717) is 6.42 Å². The molecule has 0 unspecified atom stereocenters. The van der Waals surface area contributed by atoms with Crippen molar-refractivity contribution in [3.8, 4) is 0 Å². The van der Waals surface area contributed by atoms with E-state index in [9.17, 15) is 8.78 Å². The topological polar surface area (TPSA) is 12.0 Å². The number of anilines is 1. The molecule has 0 aromatic heterocycles. The van der Waals surface area contributed by atoms with Gasteiger partial charge in [0.2, 0.25) is 0 Å². The molecule has 0 bridgehead atoms. The van der Waals surface area contributed by atoms with Crippen LogP contribution in [0.1, 0.15) is 63.5 Å². The molecule has 1 nitrogen and oxygen atoms in total. The van der Waals surface area contributed by atoms with Crippen molar-refractivity contribution in [2.75, 3.05) is 11.9 Å². The smallest absolute Gasteiger partial charge is 0.264 e. The van der Waals surface area contributed by atoms with Gasteiger partial charge in [0.25, 0.3) is 6.43 Å². The molecule has 0 saturated carbocycles. The molecule has 1 rings (SSSR count). The van der Waals surface area contributed by atoms with Crippen molar-refractivity contribution in [1.82, 2.24) is 0 Å². The fraction of sp³-hybridized carbons (Fsp3) is 0.556. The second-order valence-electron chi connectivity index (χ2n) is 5.66. The van der Waals surface area contributed by atoms with Crippen molar-refractivity contribution in [3.63, 3.8) is 0 Å². The summed E-state index contributed by atoms with van der Waals surface area (Å²) in [5, 5.41) is 3.23. The van der Waals surface area contributed by atoms with Gasteiger partial charge in [-0.05, 0) is 50.3 Å². The molecule has 0 fully saturated rings. The lowest BCUT2D eigenvalue weighted by Crippen LogP contribution is -2.03. The molecule has 3 heteroatoms. The predicted octanol–water partition coefficient (Wildman–Crippen LogP) is 6.13. The molecule has 1 aromatic rings. The van der Waals surface area contributed by atoms with Crippen LogP contribution in [0, 0.1) is 0 Å². The number of hydrogen-bond donors (Lipinski definition) is 1. The fourth-order valence-corrected chi connectivity index (χ4v) is 2.32. The van der Waals surface area contributed by atoms with Crippen LogP contribution in [-0.2, 0) is 6.42 Å². The predicted molar refractivity (Wildman–Crippen MR) is 87.2 cm³/mol. The molecular formula is C18H27F2N. The highest BCUT2D eigenvalue weighted by Crippen LogP contribution is 2.27. The highest BCUT2D eigenvalue weighted by molar-refractivity contribution is 5.49. The van der Waals surface area contributed by atoms with Crippen LogP contribution in [0.25, 0.3) is 0 Å². The number of hydrogen-bond acceptors (Lipinski definition) is 1. The van der Waals surface area contributed by atoms with Gasteiger partial charge in [0.1, 0.15) is 0 Å². The maximum Gasteiger partial charge on any atom is 0.264 e. The van der Waals surface area contributed by atoms with Crippen LogP contribution in [0.15, 0.2) is 30.4 Å². The third-order valence-corrected chi connectivity index (χ3v) is 3.54. The van der Waals surface area contributed by atoms with Crippen molar-refractivity contribution < 1.29 is 8.78 Å². The van der Waals surface area contributed by atoms with Gasteiger partial charge in [-0.15, -0.1) is 6.58 Å². The van der Waals surface area contributed by atoms with E-state index in [1.54, 1.807) is 6.07 Å². The number of benzene rings is 1. The van der Waals surface area contributed by atoms with Gasteiger partial charge >= 0.3 is 0 Å². The van der Waals surface area contributed by atoms with E-state index >= 15 is 0 Å². The Balaban J connectivity index is 2.65. The molecule has 0 aliphatic heterocycles. The lowest BCUT2D eigenvalue weighted by molar-refractivity contribution is 0.150. The Morgan fingerprint density at radius 1 is 1.24 bits per heavy atom. The third-order valence-electron chi connectivity index (χ3n) is 3.54. The molecule has 0 radical (unpaired) electrons. The molecule has 0 saturated heterocycles. The Labute approximate surface area is 127 Å². The minimum Gasteiger partial charge on any atom is -0.385 e. The molecule has 0 heterocycles. The van der Waals surface area contributed by atoms with Gasteiger partial charge in [0.05, 0.1) is 0 Å². The van der Waals surface area contributed by atoms with Crippen LogP contribution in [0.3, 0.4) is 0 Å². The zero-order chi connectivity index (χ0) is 15.7. The first-order valence-corrected chi connectivity index (χ1v) is 7.83. The van der Waals surface area contributed by atoms with Gasteiger partial charge in [-0.25, -0.2) is 8.78 Å². The normalized spacial score (nSPS) is 10.9. The maximum absolute atomic E-state index is 13.2. The van der Waals surface area contributed by atoms with Crippen molar-refractivity contribution >= 4 is 5.69 Å². The molecule has 21 heavy (non-hydrogen) atoms. The monoisotopic (exact) mass is 295 g/mol. The lowest BCUT2D eigenvalue weighted by Gasteiger charge is -2.13. The maximum atomic E-state index is 13.2. The Bertz CT molecular complexity index is 441. The van der Waals surface area contributed by atoms with Gasteiger partial charge in [-0.2, -0.15) is 0 Å². The lowest BCUT2D eigenvalue weighted by atomic mass is 10.00. The third kappa shape index (κ3) is 6.74. The van der Waals surface area contributed by atoms with Crippen LogP contribution in [0.2, 0.25) is 0 Å². The molecule has 0 aliphatic carbocycles. The summed E-state index contributed by atoms with van der Waals surface area (Å²) in [6.07, 6.45) is 3.42. The van der Waals surface area contributed by atoms with Crippen molar-refractivity contribution in [3.05, 3.63) is 41.5 Å². The Hall–Kier alpha value is -1.38. The number of unbranched alkanes of at least 4 members (excludes halogenated alkanes) is 2. The van der Waals surface area contributed by atoms with Crippen molar-refractivity contribution in [2.24, 2.45) is 0 Å². The van der Waals surface area contributed by atoms with E-state index < -0.39 is 6.43 Å². The molecular weight excluding hydrogens is 268 g/mol. The number of allylic oxidation sites excluding steroid dienone is 1. The summed E-state index contributed by atoms with van der Waals surface area (Å²) in [4.78, 5) is 0. The van der Waals surface area contributed by atoms with Crippen LogP contribution in [-0.4, -0.2) is 6.54 Å². The summed E-state index contributed by atoms with van der Waals surface area (Å²) >= 11 is 0. The van der Waals surface area contributed by atoms with Gasteiger partial charge in [0, 0.05) is 17.8 Å².